The predicted molar refractivity (Wildman–Crippen MR) is 61.7 cm³/mol. The Labute approximate surface area is 80.9 Å². The molecule has 0 aromatic heterocycles. The second-order valence-electron chi connectivity index (χ2n) is 3.48. The van der Waals surface area contributed by atoms with Crippen molar-refractivity contribution >= 4 is 10.2 Å². The van der Waals surface area contributed by atoms with E-state index in [0.717, 1.165) is 0 Å². The third kappa shape index (κ3) is 9.96. The molecule has 0 saturated carbocycles. The number of hydrogen-bond acceptors (Lipinski definition) is 0. The van der Waals surface area contributed by atoms with Gasteiger partial charge in [-0.25, -0.2) is 0 Å². The summed E-state index contributed by atoms with van der Waals surface area (Å²) < 4.78 is 0. The zero-order valence-electron chi connectivity index (χ0n) is 8.81. The molecule has 0 rings (SSSR count). The van der Waals surface area contributed by atoms with Gasteiger partial charge in [0.2, 0.25) is 0 Å². The molecule has 0 aliphatic heterocycles. The Kier molecular flexibility index (Phi) is 10.9. The van der Waals surface area contributed by atoms with E-state index in [4.69, 9.17) is 0 Å². The van der Waals surface area contributed by atoms with Crippen LogP contribution in [0.15, 0.2) is 11.8 Å². The fourth-order valence-electron chi connectivity index (χ4n) is 1.39. The molecular formula is C11H24Si. The van der Waals surface area contributed by atoms with Crippen molar-refractivity contribution in [3.05, 3.63) is 11.8 Å². The van der Waals surface area contributed by atoms with Crippen LogP contribution in [0.2, 0.25) is 0 Å². The number of hydrogen-bond donors (Lipinski definition) is 0. The third-order valence-corrected chi connectivity index (χ3v) is 2.68. The van der Waals surface area contributed by atoms with Crippen LogP contribution < -0.4 is 0 Å². The van der Waals surface area contributed by atoms with E-state index in [1.54, 1.807) is 0 Å². The molecule has 0 aliphatic rings. The minimum atomic E-state index is 1.23. The molecule has 1 heteroatoms. The summed E-state index contributed by atoms with van der Waals surface area (Å²) in [6.07, 6.45) is 13.7. The van der Waals surface area contributed by atoms with E-state index in [1.165, 1.54) is 61.6 Å². The molecule has 0 amide bonds. The normalized spacial score (nSPS) is 11.4. The van der Waals surface area contributed by atoms with Gasteiger partial charge >= 0.3 is 0 Å². The Bertz CT molecular complexity index is 97.2. The van der Waals surface area contributed by atoms with Gasteiger partial charge in [0.1, 0.15) is 0 Å². The summed E-state index contributed by atoms with van der Waals surface area (Å²) in [6.45, 7) is 2.27. The van der Waals surface area contributed by atoms with Crippen LogP contribution in [0.4, 0.5) is 0 Å². The fourth-order valence-corrected chi connectivity index (χ4v) is 1.72. The van der Waals surface area contributed by atoms with Crippen molar-refractivity contribution in [1.29, 1.82) is 0 Å². The van der Waals surface area contributed by atoms with E-state index < -0.39 is 0 Å². The van der Waals surface area contributed by atoms with Crippen molar-refractivity contribution in [3.8, 4) is 0 Å². The van der Waals surface area contributed by atoms with Crippen LogP contribution >= 0.6 is 0 Å². The zero-order valence-corrected chi connectivity index (χ0v) is 10.8. The lowest BCUT2D eigenvalue weighted by atomic mass is 10.1. The van der Waals surface area contributed by atoms with E-state index in [-0.39, 0.29) is 0 Å². The van der Waals surface area contributed by atoms with E-state index >= 15 is 0 Å². The molecule has 0 nitrogen and oxygen atoms in total. The molecule has 12 heavy (non-hydrogen) atoms. The molecule has 0 aromatic carbocycles. The number of unbranched alkanes of at least 4 members (excludes halogenated alkanes) is 7. The Hall–Kier alpha value is -0.0431. The van der Waals surface area contributed by atoms with Crippen LogP contribution in [0.5, 0.6) is 0 Å². The lowest BCUT2D eigenvalue weighted by Gasteiger charge is -1.98. The number of rotatable bonds is 8. The van der Waals surface area contributed by atoms with E-state index in [9.17, 15) is 0 Å². The van der Waals surface area contributed by atoms with Gasteiger partial charge in [0.05, 0.1) is 0 Å². The van der Waals surface area contributed by atoms with Gasteiger partial charge in [0.15, 0.2) is 0 Å². The molecule has 0 bridgehead atoms. The van der Waals surface area contributed by atoms with Crippen molar-refractivity contribution in [2.24, 2.45) is 0 Å². The molecule has 0 radical (unpaired) electrons. The molecule has 0 unspecified atom stereocenters. The summed E-state index contributed by atoms with van der Waals surface area (Å²) in [5.74, 6) is 0. The smallest absolute Gasteiger partial charge is 0.0287 e. The Balaban J connectivity index is 2.81. The van der Waals surface area contributed by atoms with Gasteiger partial charge in [0.25, 0.3) is 0 Å². The van der Waals surface area contributed by atoms with Crippen LogP contribution in [-0.4, -0.2) is 10.2 Å². The van der Waals surface area contributed by atoms with Crippen LogP contribution in [0.25, 0.3) is 0 Å². The highest BCUT2D eigenvalue weighted by Gasteiger charge is 1.88. The minimum absolute atomic E-state index is 1.23. The molecule has 0 atom stereocenters. The molecular weight excluding hydrogens is 160 g/mol. The first-order valence-corrected chi connectivity index (χ1v) is 6.68. The summed E-state index contributed by atoms with van der Waals surface area (Å²) in [6, 6.07) is 0. The van der Waals surface area contributed by atoms with Gasteiger partial charge < -0.3 is 0 Å². The SMILES string of the molecule is CCCCCCCCC/C=C/[SiH3]. The van der Waals surface area contributed by atoms with E-state index in [1.807, 2.05) is 0 Å². The van der Waals surface area contributed by atoms with Crippen LogP contribution in [0, 0.1) is 0 Å². The summed E-state index contributed by atoms with van der Waals surface area (Å²) in [7, 11) is 1.23. The quantitative estimate of drug-likeness (QED) is 0.402. The molecule has 72 valence electrons. The molecule has 0 heterocycles. The monoisotopic (exact) mass is 184 g/mol. The zero-order chi connectivity index (χ0) is 9.07. The first-order chi connectivity index (χ1) is 5.91. The van der Waals surface area contributed by atoms with Crippen LogP contribution in [0.1, 0.15) is 58.3 Å². The molecule has 0 spiro atoms. The molecule has 0 saturated heterocycles. The van der Waals surface area contributed by atoms with Crippen molar-refractivity contribution in [2.75, 3.05) is 0 Å². The standard InChI is InChI=1S/C11H24Si/c1-2-3-4-5-6-7-8-9-10-11-12/h10-11H,2-9H2,1,12H3/b11-10+. The summed E-state index contributed by atoms with van der Waals surface area (Å²) in [5.41, 5.74) is 2.29. The van der Waals surface area contributed by atoms with Gasteiger partial charge in [-0.05, 0) is 12.8 Å². The van der Waals surface area contributed by atoms with Crippen molar-refractivity contribution in [3.63, 3.8) is 0 Å². The summed E-state index contributed by atoms with van der Waals surface area (Å²) in [4.78, 5) is 0. The topological polar surface area (TPSA) is 0 Å². The van der Waals surface area contributed by atoms with Crippen molar-refractivity contribution < 1.29 is 0 Å². The molecule has 0 aliphatic carbocycles. The largest absolute Gasteiger partial charge is 0.109 e. The summed E-state index contributed by atoms with van der Waals surface area (Å²) >= 11 is 0. The molecule has 0 fully saturated rings. The Morgan fingerprint density at radius 1 is 0.917 bits per heavy atom. The predicted octanol–water partition coefficient (Wildman–Crippen LogP) is 3.01. The summed E-state index contributed by atoms with van der Waals surface area (Å²) in [5, 5.41) is 0. The maximum absolute atomic E-state index is 2.33. The van der Waals surface area contributed by atoms with Gasteiger partial charge in [0, 0.05) is 10.2 Å². The average molecular weight is 184 g/mol. The van der Waals surface area contributed by atoms with Crippen LogP contribution in [-0.2, 0) is 0 Å². The Morgan fingerprint density at radius 2 is 1.50 bits per heavy atom. The second kappa shape index (κ2) is 11.0. The van der Waals surface area contributed by atoms with Crippen molar-refractivity contribution in [1.82, 2.24) is 0 Å². The molecule has 0 aromatic rings. The highest BCUT2D eigenvalue weighted by Crippen LogP contribution is 2.08. The van der Waals surface area contributed by atoms with Crippen LogP contribution in [0.3, 0.4) is 0 Å². The fraction of sp³-hybridized carbons (Fsp3) is 0.818. The molecule has 0 N–H and O–H groups in total. The first-order valence-electron chi connectivity index (χ1n) is 5.53. The van der Waals surface area contributed by atoms with Crippen molar-refractivity contribution in [2.45, 2.75) is 58.3 Å². The highest BCUT2D eigenvalue weighted by molar-refractivity contribution is 6.16. The van der Waals surface area contributed by atoms with Gasteiger partial charge in [-0.1, -0.05) is 51.5 Å². The Morgan fingerprint density at radius 3 is 2.08 bits per heavy atom. The van der Waals surface area contributed by atoms with Gasteiger partial charge in [-0.3, -0.25) is 0 Å². The maximum atomic E-state index is 2.33. The number of allylic oxidation sites excluding steroid dienone is 1. The van der Waals surface area contributed by atoms with E-state index in [2.05, 4.69) is 18.7 Å². The van der Waals surface area contributed by atoms with Gasteiger partial charge in [-0.15, -0.1) is 5.70 Å². The second-order valence-corrected chi connectivity index (χ2v) is 4.15. The lowest BCUT2D eigenvalue weighted by Crippen LogP contribution is -1.78. The highest BCUT2D eigenvalue weighted by atomic mass is 28.1. The van der Waals surface area contributed by atoms with Gasteiger partial charge in [-0.2, -0.15) is 0 Å². The van der Waals surface area contributed by atoms with E-state index in [0.29, 0.717) is 0 Å². The lowest BCUT2D eigenvalue weighted by molar-refractivity contribution is 0.592. The minimum Gasteiger partial charge on any atom is -0.109 e. The third-order valence-electron chi connectivity index (χ3n) is 2.21. The average Bonchev–Trinajstić information content (AvgIpc) is 2.10. The maximum Gasteiger partial charge on any atom is 0.0287 e. The first kappa shape index (κ1) is 12.0.